The fourth-order valence-corrected chi connectivity index (χ4v) is 3.37. The molecule has 19 heavy (non-hydrogen) atoms. The van der Waals surface area contributed by atoms with Gasteiger partial charge in [-0.2, -0.15) is 0 Å². The SMILES string of the molecule is Fc1cccc(Cl)c1NC1CCc2c(Br)cccc21. The summed E-state index contributed by atoms with van der Waals surface area (Å²) in [6.07, 6.45) is 1.93. The number of para-hydroxylation sites is 1. The van der Waals surface area contributed by atoms with Gasteiger partial charge in [0.25, 0.3) is 0 Å². The summed E-state index contributed by atoms with van der Waals surface area (Å²) < 4.78 is 14.9. The van der Waals surface area contributed by atoms with Gasteiger partial charge in [-0.15, -0.1) is 0 Å². The van der Waals surface area contributed by atoms with Crippen LogP contribution in [0.5, 0.6) is 0 Å². The van der Waals surface area contributed by atoms with E-state index >= 15 is 0 Å². The summed E-state index contributed by atoms with van der Waals surface area (Å²) in [5.74, 6) is -0.309. The van der Waals surface area contributed by atoms with Gasteiger partial charge in [0.15, 0.2) is 0 Å². The number of nitrogens with one attached hydrogen (secondary N) is 1. The van der Waals surface area contributed by atoms with E-state index in [1.165, 1.54) is 17.2 Å². The van der Waals surface area contributed by atoms with Gasteiger partial charge in [-0.1, -0.05) is 45.7 Å². The maximum absolute atomic E-state index is 13.8. The molecule has 0 amide bonds. The molecule has 0 bridgehead atoms. The van der Waals surface area contributed by atoms with Crippen LogP contribution in [-0.2, 0) is 6.42 Å². The van der Waals surface area contributed by atoms with E-state index in [4.69, 9.17) is 11.6 Å². The van der Waals surface area contributed by atoms with Crippen LogP contribution in [-0.4, -0.2) is 0 Å². The average Bonchev–Trinajstić information content (AvgIpc) is 2.79. The maximum atomic E-state index is 13.8. The first-order valence-electron chi connectivity index (χ1n) is 6.14. The number of anilines is 1. The van der Waals surface area contributed by atoms with Crippen LogP contribution in [0, 0.1) is 5.82 Å². The second kappa shape index (κ2) is 5.14. The number of benzene rings is 2. The van der Waals surface area contributed by atoms with Crippen molar-refractivity contribution in [3.8, 4) is 0 Å². The molecule has 1 aliphatic rings. The second-order valence-electron chi connectivity index (χ2n) is 4.64. The summed E-state index contributed by atoms with van der Waals surface area (Å²) in [5, 5.41) is 3.65. The molecule has 0 spiro atoms. The molecule has 0 aliphatic heterocycles. The molecular formula is C15H12BrClFN. The molecule has 4 heteroatoms. The topological polar surface area (TPSA) is 12.0 Å². The summed E-state index contributed by atoms with van der Waals surface area (Å²) in [6, 6.07) is 11.0. The maximum Gasteiger partial charge on any atom is 0.147 e. The molecule has 2 aromatic carbocycles. The van der Waals surface area contributed by atoms with E-state index in [0.29, 0.717) is 10.7 Å². The number of rotatable bonds is 2. The van der Waals surface area contributed by atoms with Crippen molar-refractivity contribution in [2.45, 2.75) is 18.9 Å². The third-order valence-corrected chi connectivity index (χ3v) is 4.55. The zero-order valence-electron chi connectivity index (χ0n) is 10.1. The van der Waals surface area contributed by atoms with Crippen LogP contribution in [0.15, 0.2) is 40.9 Å². The Hall–Kier alpha value is -1.06. The van der Waals surface area contributed by atoms with Crippen molar-refractivity contribution < 1.29 is 4.39 Å². The fourth-order valence-electron chi connectivity index (χ4n) is 2.57. The number of hydrogen-bond acceptors (Lipinski definition) is 1. The van der Waals surface area contributed by atoms with E-state index in [1.807, 2.05) is 12.1 Å². The highest BCUT2D eigenvalue weighted by molar-refractivity contribution is 9.10. The lowest BCUT2D eigenvalue weighted by Crippen LogP contribution is -2.08. The van der Waals surface area contributed by atoms with Crippen molar-refractivity contribution in [1.82, 2.24) is 0 Å². The largest absolute Gasteiger partial charge is 0.375 e. The minimum absolute atomic E-state index is 0.113. The van der Waals surface area contributed by atoms with Gasteiger partial charge in [-0.05, 0) is 42.2 Å². The standard InChI is InChI=1S/C15H12BrClFN/c16-11-4-1-3-10-9(11)7-8-14(10)19-15-12(17)5-2-6-13(15)18/h1-6,14,19H,7-8H2. The van der Waals surface area contributed by atoms with Gasteiger partial charge in [-0.3, -0.25) is 0 Å². The molecular weight excluding hydrogens is 329 g/mol. The highest BCUT2D eigenvalue weighted by atomic mass is 79.9. The van der Waals surface area contributed by atoms with Gasteiger partial charge in [-0.25, -0.2) is 4.39 Å². The molecule has 1 atom stereocenters. The highest BCUT2D eigenvalue weighted by Gasteiger charge is 2.25. The van der Waals surface area contributed by atoms with Gasteiger partial charge in [0, 0.05) is 4.47 Å². The van der Waals surface area contributed by atoms with Gasteiger partial charge < -0.3 is 5.32 Å². The first-order valence-corrected chi connectivity index (χ1v) is 7.32. The first-order chi connectivity index (χ1) is 9.16. The molecule has 98 valence electrons. The zero-order chi connectivity index (χ0) is 13.4. The molecule has 1 aliphatic carbocycles. The Morgan fingerprint density at radius 2 is 2.00 bits per heavy atom. The molecule has 3 rings (SSSR count). The molecule has 1 N–H and O–H groups in total. The lowest BCUT2D eigenvalue weighted by Gasteiger charge is -2.17. The second-order valence-corrected chi connectivity index (χ2v) is 5.90. The van der Waals surface area contributed by atoms with E-state index in [-0.39, 0.29) is 11.9 Å². The van der Waals surface area contributed by atoms with Crippen LogP contribution in [0.1, 0.15) is 23.6 Å². The Balaban J connectivity index is 1.93. The Bertz CT molecular complexity index is 609. The predicted octanol–water partition coefficient (Wildman–Crippen LogP) is 5.34. The van der Waals surface area contributed by atoms with Crippen molar-refractivity contribution in [3.63, 3.8) is 0 Å². The van der Waals surface area contributed by atoms with E-state index in [9.17, 15) is 4.39 Å². The monoisotopic (exact) mass is 339 g/mol. The summed E-state index contributed by atoms with van der Waals surface area (Å²) in [7, 11) is 0. The van der Waals surface area contributed by atoms with Crippen molar-refractivity contribution in [3.05, 3.63) is 62.8 Å². The van der Waals surface area contributed by atoms with Gasteiger partial charge in [0.05, 0.1) is 16.8 Å². The summed E-state index contributed by atoms with van der Waals surface area (Å²) in [6.45, 7) is 0. The van der Waals surface area contributed by atoms with Crippen molar-refractivity contribution in [2.24, 2.45) is 0 Å². The van der Waals surface area contributed by atoms with Crippen molar-refractivity contribution in [1.29, 1.82) is 0 Å². The number of hydrogen-bond donors (Lipinski definition) is 1. The lowest BCUT2D eigenvalue weighted by atomic mass is 10.1. The minimum Gasteiger partial charge on any atom is -0.375 e. The number of fused-ring (bicyclic) bond motifs is 1. The quantitative estimate of drug-likeness (QED) is 0.778. The molecule has 1 unspecified atom stereocenters. The normalized spacial score (nSPS) is 17.3. The van der Waals surface area contributed by atoms with Crippen LogP contribution in [0.2, 0.25) is 5.02 Å². The van der Waals surface area contributed by atoms with Crippen LogP contribution >= 0.6 is 27.5 Å². The van der Waals surface area contributed by atoms with Gasteiger partial charge in [0.2, 0.25) is 0 Å². The Labute approximate surface area is 124 Å². The van der Waals surface area contributed by atoms with Crippen LogP contribution in [0.4, 0.5) is 10.1 Å². The summed E-state index contributed by atoms with van der Waals surface area (Å²) >= 11 is 9.62. The minimum atomic E-state index is -0.309. The van der Waals surface area contributed by atoms with Crippen molar-refractivity contribution >= 4 is 33.2 Å². The zero-order valence-corrected chi connectivity index (χ0v) is 12.4. The van der Waals surface area contributed by atoms with Crippen LogP contribution in [0.25, 0.3) is 0 Å². The average molecular weight is 341 g/mol. The van der Waals surface area contributed by atoms with Crippen LogP contribution in [0.3, 0.4) is 0 Å². The Kier molecular flexibility index (Phi) is 3.50. The van der Waals surface area contributed by atoms with Crippen LogP contribution < -0.4 is 5.32 Å². The van der Waals surface area contributed by atoms with E-state index in [0.717, 1.165) is 17.3 Å². The molecule has 0 radical (unpaired) electrons. The Morgan fingerprint density at radius 3 is 2.79 bits per heavy atom. The van der Waals surface area contributed by atoms with Gasteiger partial charge >= 0.3 is 0 Å². The molecule has 0 heterocycles. The predicted molar refractivity (Wildman–Crippen MR) is 80.2 cm³/mol. The highest BCUT2D eigenvalue weighted by Crippen LogP contribution is 2.39. The molecule has 0 fully saturated rings. The fraction of sp³-hybridized carbons (Fsp3) is 0.200. The molecule has 2 aromatic rings. The van der Waals surface area contributed by atoms with E-state index in [2.05, 4.69) is 27.3 Å². The summed E-state index contributed by atoms with van der Waals surface area (Å²) in [4.78, 5) is 0. The van der Waals surface area contributed by atoms with Gasteiger partial charge in [0.1, 0.15) is 5.82 Å². The van der Waals surface area contributed by atoms with E-state index in [1.54, 1.807) is 12.1 Å². The molecule has 0 saturated heterocycles. The number of halogens is 3. The third-order valence-electron chi connectivity index (χ3n) is 3.49. The molecule has 0 aromatic heterocycles. The smallest absolute Gasteiger partial charge is 0.147 e. The van der Waals surface area contributed by atoms with E-state index < -0.39 is 0 Å². The third kappa shape index (κ3) is 2.37. The first kappa shape index (κ1) is 12.9. The molecule has 0 saturated carbocycles. The lowest BCUT2D eigenvalue weighted by molar-refractivity contribution is 0.625. The summed E-state index contributed by atoms with van der Waals surface area (Å²) in [5.41, 5.74) is 2.91. The molecule has 1 nitrogen and oxygen atoms in total. The van der Waals surface area contributed by atoms with Crippen molar-refractivity contribution in [2.75, 3.05) is 5.32 Å². The Morgan fingerprint density at radius 1 is 1.21 bits per heavy atom.